The van der Waals surface area contributed by atoms with E-state index in [9.17, 15) is 50.8 Å². The third kappa shape index (κ3) is 6.79. The SMILES string of the molecule is CC1(CO)CCC2(C(=O)O)C(C1)C1=CC3C#CC4CCCC45C(=O)NC4C5C(C=CC4(c4cnc[nH]4)C(O)CC(N)O)C4C(O)C(OC5OCC(O)C(O)C5O)C(C)(CO)C5CCC(C)(C3C45C)C1(C)C1Cc3[nH]cnc3NCC12. The van der Waals surface area contributed by atoms with Gasteiger partial charge in [0.05, 0.1) is 72.2 Å². The van der Waals surface area contributed by atoms with Crippen LogP contribution in [-0.4, -0.2) is 159 Å². The second-order valence-electron chi connectivity index (χ2n) is 28.2. The maximum Gasteiger partial charge on any atom is 0.310 e. The Morgan fingerprint density at radius 2 is 1.74 bits per heavy atom. The smallest absolute Gasteiger partial charge is 0.310 e. The molecule has 1 spiro atoms. The normalized spacial score (nSPS) is 52.0. The molecule has 5 saturated carbocycles. The molecule has 1 amide bonds. The number of hydrogen-bond acceptors (Lipinski definition) is 16. The van der Waals surface area contributed by atoms with Gasteiger partial charge >= 0.3 is 5.97 Å². The average Bonchev–Trinajstić information content (AvgIpc) is 4.36. The maximum absolute atomic E-state index is 15.8. The van der Waals surface area contributed by atoms with Crippen LogP contribution in [0.5, 0.6) is 0 Å². The number of carboxylic acid groups (broad SMARTS) is 1. The lowest BCUT2D eigenvalue weighted by Gasteiger charge is -2.76. The summed E-state index contributed by atoms with van der Waals surface area (Å²) in [6.45, 7) is 10.4. The molecule has 11 aliphatic rings. The molecule has 3 aliphatic heterocycles. The van der Waals surface area contributed by atoms with Crippen LogP contribution < -0.4 is 16.4 Å². The molecule has 15 N–H and O–H groups in total. The van der Waals surface area contributed by atoms with Crippen LogP contribution in [0.25, 0.3) is 0 Å². The molecule has 20 nitrogen and oxygen atoms in total. The molecular formula is C60H83N7O13. The lowest BCUT2D eigenvalue weighted by molar-refractivity contribution is -0.346. The van der Waals surface area contributed by atoms with Gasteiger partial charge in [0, 0.05) is 60.5 Å². The molecule has 8 aliphatic carbocycles. The quantitative estimate of drug-likeness (QED) is 0.0735. The first-order valence-electron chi connectivity index (χ1n) is 29.5. The van der Waals surface area contributed by atoms with Crippen molar-refractivity contribution < 1.29 is 65.0 Å². The average molecular weight is 1110 g/mol. The first-order valence-corrected chi connectivity index (χ1v) is 29.5. The predicted octanol–water partition coefficient (Wildman–Crippen LogP) is 1.70. The minimum Gasteiger partial charge on any atom is -0.481 e. The molecule has 27 unspecified atom stereocenters. The van der Waals surface area contributed by atoms with Crippen LogP contribution in [-0.2, 0) is 30.9 Å². The van der Waals surface area contributed by atoms with Gasteiger partial charge < -0.3 is 81.8 Å². The Morgan fingerprint density at radius 3 is 2.45 bits per heavy atom. The molecule has 0 bridgehead atoms. The Kier molecular flexibility index (Phi) is 12.6. The molecule has 0 radical (unpaired) electrons. The lowest BCUT2D eigenvalue weighted by Crippen LogP contribution is -2.76. The van der Waals surface area contributed by atoms with Crippen LogP contribution in [0.3, 0.4) is 0 Å². The van der Waals surface area contributed by atoms with Crippen LogP contribution in [0.4, 0.5) is 5.82 Å². The minimum absolute atomic E-state index is 0.105. The zero-order chi connectivity index (χ0) is 56.6. The second-order valence-corrected chi connectivity index (χ2v) is 28.2. The Labute approximate surface area is 466 Å². The molecule has 2 aromatic rings. The number of aliphatic carboxylic acids is 1. The molecule has 80 heavy (non-hydrogen) atoms. The summed E-state index contributed by atoms with van der Waals surface area (Å²) in [7, 11) is 0. The number of carbonyl (C=O) groups excluding carboxylic acids is 1. The van der Waals surface area contributed by atoms with Gasteiger partial charge in [-0.15, -0.1) is 0 Å². The van der Waals surface area contributed by atoms with Gasteiger partial charge in [0.2, 0.25) is 5.91 Å². The molecule has 2 aromatic heterocycles. The minimum atomic E-state index is -1.72. The van der Waals surface area contributed by atoms with Gasteiger partial charge in [-0.2, -0.15) is 0 Å². The number of anilines is 1. The second kappa shape index (κ2) is 18.4. The summed E-state index contributed by atoms with van der Waals surface area (Å²) in [5, 5.41) is 113. The molecule has 13 rings (SSSR count). The third-order valence-corrected chi connectivity index (χ3v) is 25.3. The van der Waals surface area contributed by atoms with Gasteiger partial charge in [0.1, 0.15) is 30.4 Å². The van der Waals surface area contributed by atoms with Crippen molar-refractivity contribution in [3.05, 3.63) is 54.0 Å². The van der Waals surface area contributed by atoms with Crippen molar-refractivity contribution in [3.63, 3.8) is 0 Å². The summed E-state index contributed by atoms with van der Waals surface area (Å²) in [5.41, 5.74) is 0.363. The van der Waals surface area contributed by atoms with Crippen LogP contribution in [0.15, 0.2) is 42.7 Å². The number of aromatic amines is 2. The van der Waals surface area contributed by atoms with Gasteiger partial charge in [-0.05, 0) is 109 Å². The van der Waals surface area contributed by atoms with Crippen molar-refractivity contribution in [1.29, 1.82) is 0 Å². The number of carboxylic acids is 1. The highest BCUT2D eigenvalue weighted by molar-refractivity contribution is 5.88. The molecule has 0 aromatic carbocycles. The number of aliphatic hydroxyl groups is 8. The number of hydrogen-bond donors (Lipinski definition) is 14. The van der Waals surface area contributed by atoms with Gasteiger partial charge in [-0.3, -0.25) is 9.59 Å². The summed E-state index contributed by atoms with van der Waals surface area (Å²) >= 11 is 0. The van der Waals surface area contributed by atoms with E-state index in [-0.39, 0.29) is 31.5 Å². The van der Waals surface area contributed by atoms with E-state index in [2.05, 4.69) is 77.3 Å². The number of ether oxygens (including phenoxy) is 2. The van der Waals surface area contributed by atoms with Gasteiger partial charge in [0.25, 0.3) is 0 Å². The van der Waals surface area contributed by atoms with Crippen molar-refractivity contribution >= 4 is 17.7 Å². The fourth-order valence-corrected chi connectivity index (χ4v) is 21.7. The van der Waals surface area contributed by atoms with E-state index in [1.54, 1.807) is 12.5 Å². The van der Waals surface area contributed by atoms with Crippen LogP contribution in [0.2, 0.25) is 0 Å². The van der Waals surface area contributed by atoms with E-state index < -0.39 is 164 Å². The molecule has 20 heteroatoms. The monoisotopic (exact) mass is 1110 g/mol. The molecule has 27 atom stereocenters. The lowest BCUT2D eigenvalue weighted by atomic mass is 9.27. The van der Waals surface area contributed by atoms with Crippen molar-refractivity contribution in [2.24, 2.45) is 103 Å². The molecule has 7 fully saturated rings. The number of carbonyl (C=O) groups is 2. The Balaban J connectivity index is 1.10. The fraction of sp³-hybridized carbons (Fsp3) is 0.767. The third-order valence-electron chi connectivity index (χ3n) is 25.3. The van der Waals surface area contributed by atoms with Crippen LogP contribution in [0.1, 0.15) is 104 Å². The van der Waals surface area contributed by atoms with Crippen LogP contribution in [0, 0.1) is 109 Å². The van der Waals surface area contributed by atoms with Crippen molar-refractivity contribution in [2.75, 3.05) is 31.7 Å². The summed E-state index contributed by atoms with van der Waals surface area (Å²) < 4.78 is 12.9. The molecule has 436 valence electrons. The topological polar surface area (TPSA) is 342 Å². The highest BCUT2D eigenvalue weighted by Gasteiger charge is 2.80. The van der Waals surface area contributed by atoms with E-state index in [1.165, 1.54) is 6.33 Å². The van der Waals surface area contributed by atoms with E-state index in [4.69, 9.17) is 20.2 Å². The fourth-order valence-electron chi connectivity index (χ4n) is 21.7. The molecular weight excluding hydrogens is 1030 g/mol. The Morgan fingerprint density at radius 1 is 0.950 bits per heavy atom. The number of rotatable bonds is 9. The number of nitrogens with two attached hydrogens (primary N) is 1. The van der Waals surface area contributed by atoms with E-state index >= 15 is 4.79 Å². The Bertz CT molecular complexity index is 2930. The summed E-state index contributed by atoms with van der Waals surface area (Å²) in [6, 6.07) is -0.862. The number of amides is 1. The first-order chi connectivity index (χ1) is 38.0. The van der Waals surface area contributed by atoms with Gasteiger partial charge in [-0.25, -0.2) is 9.97 Å². The summed E-state index contributed by atoms with van der Waals surface area (Å²) in [4.78, 5) is 46.3. The zero-order valence-corrected chi connectivity index (χ0v) is 46.5. The predicted molar refractivity (Wildman–Crippen MR) is 286 cm³/mol. The summed E-state index contributed by atoms with van der Waals surface area (Å²) in [6.07, 6.45) is 3.70. The number of H-pyrrole nitrogens is 2. The van der Waals surface area contributed by atoms with Crippen molar-refractivity contribution in [1.82, 2.24) is 25.3 Å². The molecule has 5 heterocycles. The standard InChI is InChI=1S/C60H83N7O13/c1-53(24-68)15-16-59(52(77)78)33(20-53)31-17-28-8-9-29-7-6-12-58(29)42-30(10-14-60(38-22-62-26-65-38,39(71)19-40(61)72)47(42)67-51(58)76)41-44(74)48(80-50-45(75)43(73)36(70)23-79-50)54(2,25-69)37-11-13-55(3,46(28)56(37,41)4)57(31,5)32-18-35-49(66-27-64-35)63-21-34(32)59/h10,14,17,22,26-30,32-34,36-37,39-48,50,63,68-75H,6-7,11-13,15-16,18-21,23-25,61H2,1-5H3,(H,62,65)(H,64,66)(H,67,76)(H,77,78). The maximum atomic E-state index is 15.8. The largest absolute Gasteiger partial charge is 0.481 e. The van der Waals surface area contributed by atoms with Crippen molar-refractivity contribution in [2.45, 2.75) is 159 Å². The first kappa shape index (κ1) is 55.0. The highest BCUT2D eigenvalue weighted by Crippen LogP contribution is 2.81. The van der Waals surface area contributed by atoms with E-state index in [1.807, 2.05) is 13.0 Å². The number of aromatic nitrogens is 4. The molecule has 2 saturated heterocycles. The van der Waals surface area contributed by atoms with E-state index in [0.717, 1.165) is 11.3 Å². The summed E-state index contributed by atoms with van der Waals surface area (Å²) in [5.74, 6) is 2.13. The van der Waals surface area contributed by atoms with Gasteiger partial charge in [-0.1, -0.05) is 76.7 Å². The highest BCUT2D eigenvalue weighted by atomic mass is 16.7. The number of fused-ring (bicyclic) bond motifs is 9. The number of imidazole rings is 2. The van der Waals surface area contributed by atoms with Gasteiger partial charge in [0.15, 0.2) is 6.29 Å². The van der Waals surface area contributed by atoms with Crippen LogP contribution >= 0.6 is 0 Å². The van der Waals surface area contributed by atoms with E-state index in [0.29, 0.717) is 75.8 Å². The number of nitrogens with one attached hydrogen (secondary N) is 4. The zero-order valence-electron chi connectivity index (χ0n) is 46.5. The number of nitrogens with zero attached hydrogens (tertiary/aromatic N) is 2. The Hall–Kier alpha value is -4.24. The van der Waals surface area contributed by atoms with Crippen molar-refractivity contribution in [3.8, 4) is 11.8 Å². The number of aliphatic hydroxyl groups excluding tert-OH is 8. The number of allylic oxidation sites excluding steroid dienone is 3.